The molecule has 4 nitrogen and oxygen atoms in total. The molecule has 2 atom stereocenters. The summed E-state index contributed by atoms with van der Waals surface area (Å²) in [4.78, 5) is 11.2. The third-order valence-electron chi connectivity index (χ3n) is 6.04. The van der Waals surface area contributed by atoms with Gasteiger partial charge in [0.2, 0.25) is 5.91 Å². The highest BCUT2D eigenvalue weighted by Gasteiger charge is 2.39. The van der Waals surface area contributed by atoms with Gasteiger partial charge in [-0.1, -0.05) is 42.0 Å². The van der Waals surface area contributed by atoms with Crippen molar-refractivity contribution in [2.24, 2.45) is 5.92 Å². The van der Waals surface area contributed by atoms with Crippen molar-refractivity contribution in [2.75, 3.05) is 13.6 Å². The first kappa shape index (κ1) is 20.1. The minimum absolute atomic E-state index is 0.139. The van der Waals surface area contributed by atoms with Crippen LogP contribution in [0.2, 0.25) is 0 Å². The van der Waals surface area contributed by atoms with E-state index in [2.05, 4.69) is 59.3 Å². The molecule has 2 aliphatic carbocycles. The summed E-state index contributed by atoms with van der Waals surface area (Å²) in [6.45, 7) is 3.23. The Morgan fingerprint density at radius 3 is 2.52 bits per heavy atom. The van der Waals surface area contributed by atoms with Crippen LogP contribution in [0.1, 0.15) is 57.4 Å². The van der Waals surface area contributed by atoms with Gasteiger partial charge in [0.1, 0.15) is 0 Å². The van der Waals surface area contributed by atoms with Crippen molar-refractivity contribution in [3.05, 3.63) is 41.5 Å². The minimum atomic E-state index is 0.139. The summed E-state index contributed by atoms with van der Waals surface area (Å²) in [5.74, 6) is 0.853. The zero-order valence-electron chi connectivity index (χ0n) is 16.8. The van der Waals surface area contributed by atoms with E-state index in [-0.39, 0.29) is 5.91 Å². The fraction of sp³-hybridized carbons (Fsp3) is 0.609. The Kier molecular flexibility index (Phi) is 7.48. The van der Waals surface area contributed by atoms with Crippen LogP contribution in [0.5, 0.6) is 0 Å². The van der Waals surface area contributed by atoms with E-state index in [1.165, 1.54) is 43.2 Å². The summed E-state index contributed by atoms with van der Waals surface area (Å²) in [6, 6.07) is 12.6. The predicted octanol–water partition coefficient (Wildman–Crippen LogP) is 3.50. The largest absolute Gasteiger partial charge is 0.359 e. The topological polar surface area (TPSA) is 53.2 Å². The number of carbonyl (C=O) groups excluding carboxylic acids is 1. The summed E-state index contributed by atoms with van der Waals surface area (Å²) in [6.07, 6.45) is 10.2. The number of hydrogen-bond acceptors (Lipinski definition) is 3. The van der Waals surface area contributed by atoms with Gasteiger partial charge in [-0.25, -0.2) is 0 Å². The summed E-state index contributed by atoms with van der Waals surface area (Å²) in [5.41, 5.74) is 2.81. The van der Waals surface area contributed by atoms with Crippen molar-refractivity contribution in [2.45, 2.75) is 70.0 Å². The Labute approximate surface area is 164 Å². The van der Waals surface area contributed by atoms with Crippen LogP contribution in [-0.4, -0.2) is 37.6 Å². The number of rotatable bonds is 9. The van der Waals surface area contributed by atoms with Gasteiger partial charge in [-0.2, -0.15) is 0 Å². The molecule has 3 rings (SSSR count). The van der Waals surface area contributed by atoms with E-state index in [1.54, 1.807) is 7.05 Å². The fourth-order valence-corrected chi connectivity index (χ4v) is 4.25. The molecule has 1 aromatic rings. The summed E-state index contributed by atoms with van der Waals surface area (Å²) in [7, 11) is 1.70. The van der Waals surface area contributed by atoms with Crippen molar-refractivity contribution in [3.63, 3.8) is 0 Å². The Bertz CT molecular complexity index is 620. The molecular weight excluding hydrogens is 334 g/mol. The summed E-state index contributed by atoms with van der Waals surface area (Å²) >= 11 is 0. The second-order valence-electron chi connectivity index (χ2n) is 8.19. The second-order valence-corrected chi connectivity index (χ2v) is 8.19. The zero-order chi connectivity index (χ0) is 19.1. The molecule has 2 saturated carbocycles. The quantitative estimate of drug-likeness (QED) is 0.584. The van der Waals surface area contributed by atoms with Gasteiger partial charge < -0.3 is 16.0 Å². The SMILES string of the molecule is CNC(=O)CCCN[C@H]1CC[C@H](N[C@@H]2C[C@H]2/C(C)=C/c2ccccc2)CC1. The first-order chi connectivity index (χ1) is 13.2. The maximum atomic E-state index is 11.2. The van der Waals surface area contributed by atoms with E-state index in [0.29, 0.717) is 30.5 Å². The first-order valence-electron chi connectivity index (χ1n) is 10.6. The van der Waals surface area contributed by atoms with Gasteiger partial charge in [-0.3, -0.25) is 4.79 Å². The van der Waals surface area contributed by atoms with E-state index in [4.69, 9.17) is 0 Å². The van der Waals surface area contributed by atoms with Gasteiger partial charge in [0.25, 0.3) is 0 Å². The van der Waals surface area contributed by atoms with Crippen LogP contribution in [0, 0.1) is 5.92 Å². The second kappa shape index (κ2) is 10.0. The molecule has 0 spiro atoms. The molecule has 2 aliphatic rings. The normalized spacial score (nSPS) is 28.0. The van der Waals surface area contributed by atoms with Crippen LogP contribution >= 0.6 is 0 Å². The molecule has 0 radical (unpaired) electrons. The third kappa shape index (κ3) is 6.47. The van der Waals surface area contributed by atoms with Crippen LogP contribution in [-0.2, 0) is 4.79 Å². The Hall–Kier alpha value is -1.65. The molecule has 0 bridgehead atoms. The molecule has 148 valence electrons. The zero-order valence-corrected chi connectivity index (χ0v) is 16.8. The van der Waals surface area contributed by atoms with Gasteiger partial charge in [-0.05, 0) is 63.5 Å². The minimum Gasteiger partial charge on any atom is -0.359 e. The average molecular weight is 370 g/mol. The highest BCUT2D eigenvalue weighted by molar-refractivity contribution is 5.75. The van der Waals surface area contributed by atoms with E-state index in [0.717, 1.165) is 13.0 Å². The lowest BCUT2D eigenvalue weighted by Gasteiger charge is -2.30. The molecule has 0 heterocycles. The van der Waals surface area contributed by atoms with Crippen LogP contribution < -0.4 is 16.0 Å². The van der Waals surface area contributed by atoms with E-state index in [9.17, 15) is 4.79 Å². The Morgan fingerprint density at radius 1 is 1.11 bits per heavy atom. The van der Waals surface area contributed by atoms with Crippen molar-refractivity contribution in [1.29, 1.82) is 0 Å². The van der Waals surface area contributed by atoms with E-state index in [1.807, 2.05) is 0 Å². The summed E-state index contributed by atoms with van der Waals surface area (Å²) in [5, 5.41) is 10.2. The average Bonchev–Trinajstić information content (AvgIpc) is 3.46. The van der Waals surface area contributed by atoms with Crippen molar-refractivity contribution < 1.29 is 4.79 Å². The standard InChI is InChI=1S/C23H35N3O/c1-17(15-18-7-4-3-5-8-18)21-16-22(21)26-20-12-10-19(11-13-20)25-14-6-9-23(27)24-2/h3-5,7-8,15,19-22,25-26H,6,9-14,16H2,1-2H3,(H,24,27)/b17-15+/t19-,20-,21-,22+/m0/s1. The lowest BCUT2D eigenvalue weighted by molar-refractivity contribution is -0.120. The molecular formula is C23H35N3O. The van der Waals surface area contributed by atoms with E-state index >= 15 is 0 Å². The monoisotopic (exact) mass is 369 g/mol. The molecule has 0 aliphatic heterocycles. The predicted molar refractivity (Wildman–Crippen MR) is 112 cm³/mol. The molecule has 3 N–H and O–H groups in total. The highest BCUT2D eigenvalue weighted by atomic mass is 16.1. The Balaban J connectivity index is 1.31. The molecule has 4 heteroatoms. The molecule has 1 aromatic carbocycles. The van der Waals surface area contributed by atoms with Crippen molar-refractivity contribution in [1.82, 2.24) is 16.0 Å². The maximum absolute atomic E-state index is 11.2. The maximum Gasteiger partial charge on any atom is 0.219 e. The molecule has 2 fully saturated rings. The number of hydrogen-bond donors (Lipinski definition) is 3. The summed E-state index contributed by atoms with van der Waals surface area (Å²) < 4.78 is 0. The molecule has 27 heavy (non-hydrogen) atoms. The third-order valence-corrected chi connectivity index (χ3v) is 6.04. The van der Waals surface area contributed by atoms with Crippen LogP contribution in [0.3, 0.4) is 0 Å². The van der Waals surface area contributed by atoms with Crippen LogP contribution in [0.15, 0.2) is 35.9 Å². The fourth-order valence-electron chi connectivity index (χ4n) is 4.25. The number of amides is 1. The molecule has 1 amide bonds. The van der Waals surface area contributed by atoms with Crippen LogP contribution in [0.4, 0.5) is 0 Å². The molecule has 0 saturated heterocycles. The van der Waals surface area contributed by atoms with Crippen molar-refractivity contribution in [3.8, 4) is 0 Å². The smallest absolute Gasteiger partial charge is 0.219 e. The lowest BCUT2D eigenvalue weighted by atomic mass is 9.91. The first-order valence-corrected chi connectivity index (χ1v) is 10.6. The van der Waals surface area contributed by atoms with Gasteiger partial charge in [0.05, 0.1) is 0 Å². The lowest BCUT2D eigenvalue weighted by Crippen LogP contribution is -2.41. The van der Waals surface area contributed by atoms with Gasteiger partial charge in [0, 0.05) is 31.6 Å². The number of benzene rings is 1. The number of nitrogens with one attached hydrogen (secondary N) is 3. The van der Waals surface area contributed by atoms with Gasteiger partial charge >= 0.3 is 0 Å². The van der Waals surface area contributed by atoms with Crippen LogP contribution in [0.25, 0.3) is 6.08 Å². The van der Waals surface area contributed by atoms with Gasteiger partial charge in [-0.15, -0.1) is 0 Å². The Morgan fingerprint density at radius 2 is 1.81 bits per heavy atom. The molecule has 0 unspecified atom stereocenters. The number of carbonyl (C=O) groups is 1. The highest BCUT2D eigenvalue weighted by Crippen LogP contribution is 2.39. The van der Waals surface area contributed by atoms with Crippen molar-refractivity contribution >= 4 is 12.0 Å². The molecule has 0 aromatic heterocycles. The van der Waals surface area contributed by atoms with Gasteiger partial charge in [0.15, 0.2) is 0 Å². The van der Waals surface area contributed by atoms with E-state index < -0.39 is 0 Å².